The minimum absolute atomic E-state index is 0.0310. The zero-order chi connectivity index (χ0) is 18.8. The van der Waals surface area contributed by atoms with Gasteiger partial charge in [0.05, 0.1) is 18.8 Å². The highest BCUT2D eigenvalue weighted by molar-refractivity contribution is 6.74. The van der Waals surface area contributed by atoms with Crippen LogP contribution in [0.4, 0.5) is 4.79 Å². The summed E-state index contributed by atoms with van der Waals surface area (Å²) in [6, 6.07) is -0.535. The fourth-order valence-corrected chi connectivity index (χ4v) is 3.08. The Hall–Kier alpha value is 0.0169. The van der Waals surface area contributed by atoms with Crippen LogP contribution in [0, 0.1) is 0 Å². The molecule has 9 heteroatoms. The van der Waals surface area contributed by atoms with Gasteiger partial charge in [-0.2, -0.15) is 0 Å². The van der Waals surface area contributed by atoms with Crippen molar-refractivity contribution in [3.63, 3.8) is 0 Å². The molecule has 1 heterocycles. The third-order valence-corrected chi connectivity index (χ3v) is 9.27. The largest absolute Gasteiger partial charge is 0.445 e. The molecule has 0 saturated carbocycles. The van der Waals surface area contributed by atoms with E-state index in [0.717, 1.165) is 0 Å². The Morgan fingerprint density at radius 3 is 2.42 bits per heavy atom. The van der Waals surface area contributed by atoms with E-state index in [1.54, 1.807) is 12.2 Å². The molecule has 0 bridgehead atoms. The van der Waals surface area contributed by atoms with Gasteiger partial charge in [0, 0.05) is 6.54 Å². The Morgan fingerprint density at radius 2 is 1.92 bits per heavy atom. The molecule has 0 fully saturated rings. The molecule has 0 saturated heterocycles. The van der Waals surface area contributed by atoms with Crippen molar-refractivity contribution in [1.82, 2.24) is 4.90 Å². The van der Waals surface area contributed by atoms with Crippen molar-refractivity contribution in [3.05, 3.63) is 12.2 Å². The molecule has 1 rings (SSSR count). The number of nitrogens with zero attached hydrogens (tertiary/aromatic N) is 1. The number of carbonyl (C=O) groups is 1. The number of ether oxygens (including phenoxy) is 1. The minimum atomic E-state index is -2.01. The molecule has 0 aromatic heterocycles. The van der Waals surface area contributed by atoms with Crippen LogP contribution >= 0.6 is 34.8 Å². The Labute approximate surface area is 160 Å². The highest BCUT2D eigenvalue weighted by Gasteiger charge is 2.40. The van der Waals surface area contributed by atoms with Crippen molar-refractivity contribution in [2.24, 2.45) is 0 Å². The van der Waals surface area contributed by atoms with Gasteiger partial charge in [-0.05, 0) is 18.1 Å². The maximum atomic E-state index is 12.3. The summed E-state index contributed by atoms with van der Waals surface area (Å²) in [5.41, 5.74) is 0. The lowest BCUT2D eigenvalue weighted by Crippen LogP contribution is -2.54. The van der Waals surface area contributed by atoms with Gasteiger partial charge in [-0.15, -0.1) is 0 Å². The number of halogens is 3. The normalized spacial score (nSPS) is 22.6. The molecule has 2 atom stereocenters. The Morgan fingerprint density at radius 1 is 1.33 bits per heavy atom. The second kappa shape index (κ2) is 8.14. The molecule has 0 unspecified atom stereocenters. The maximum absolute atomic E-state index is 12.3. The molecular formula is C15H26Cl3NO4Si. The molecule has 0 radical (unpaired) electrons. The van der Waals surface area contributed by atoms with E-state index in [9.17, 15) is 9.90 Å². The number of amides is 1. The molecule has 0 aromatic carbocycles. The number of carbonyl (C=O) groups excluding carboxylic acids is 1. The number of aliphatic hydroxyl groups excluding tert-OH is 1. The summed E-state index contributed by atoms with van der Waals surface area (Å²) in [7, 11) is -2.01. The summed E-state index contributed by atoms with van der Waals surface area (Å²) in [6.07, 6.45) is 1.88. The Bertz CT molecular complexity index is 474. The third-order valence-electron chi connectivity index (χ3n) is 4.44. The fraction of sp³-hybridized carbons (Fsp3) is 0.800. The summed E-state index contributed by atoms with van der Waals surface area (Å²) in [6.45, 7) is 10.8. The van der Waals surface area contributed by atoms with E-state index in [1.807, 2.05) is 0 Å². The van der Waals surface area contributed by atoms with E-state index in [4.69, 9.17) is 44.0 Å². The number of hydrogen-bond donors (Lipinski definition) is 1. The monoisotopic (exact) mass is 417 g/mol. The number of rotatable bonds is 4. The second-order valence-electron chi connectivity index (χ2n) is 7.38. The summed E-state index contributed by atoms with van der Waals surface area (Å²) in [5.74, 6) is 0. The van der Waals surface area contributed by atoms with Gasteiger partial charge in [0.15, 0.2) is 8.32 Å². The highest BCUT2D eigenvalue weighted by atomic mass is 35.6. The molecule has 1 aliphatic rings. The van der Waals surface area contributed by atoms with Crippen molar-refractivity contribution < 1.29 is 19.1 Å². The van der Waals surface area contributed by atoms with Crippen molar-refractivity contribution in [2.75, 3.05) is 19.8 Å². The van der Waals surface area contributed by atoms with Gasteiger partial charge < -0.3 is 14.3 Å². The van der Waals surface area contributed by atoms with E-state index < -0.39 is 30.3 Å². The molecule has 0 aromatic rings. The standard InChI is InChI=1S/C15H26Cl3NO4Si/c1-14(2,3)24(4,5)23-9-11-12(20)7-6-8-19(11)13(21)22-10-15(16,17)18/h6-7,11-12,20H,8-10H2,1-5H3/t11-,12-/m1/s1. The Balaban J connectivity index is 2.77. The first-order chi connectivity index (χ1) is 10.7. The summed E-state index contributed by atoms with van der Waals surface area (Å²) in [4.78, 5) is 13.7. The zero-order valence-corrected chi connectivity index (χ0v) is 18.0. The van der Waals surface area contributed by atoms with E-state index >= 15 is 0 Å². The molecule has 1 aliphatic heterocycles. The average molecular weight is 419 g/mol. The van der Waals surface area contributed by atoms with Crippen LogP contribution in [-0.2, 0) is 9.16 Å². The van der Waals surface area contributed by atoms with Gasteiger partial charge in [-0.25, -0.2) is 4.79 Å². The second-order valence-corrected chi connectivity index (χ2v) is 14.7. The summed E-state index contributed by atoms with van der Waals surface area (Å²) >= 11 is 16.8. The van der Waals surface area contributed by atoms with E-state index in [-0.39, 0.29) is 18.3 Å². The van der Waals surface area contributed by atoms with Gasteiger partial charge in [-0.1, -0.05) is 67.7 Å². The first-order valence-corrected chi connectivity index (χ1v) is 11.8. The van der Waals surface area contributed by atoms with Crippen LogP contribution in [0.15, 0.2) is 12.2 Å². The van der Waals surface area contributed by atoms with Crippen molar-refractivity contribution in [2.45, 2.75) is 54.8 Å². The number of aliphatic hydroxyl groups is 1. The SMILES string of the molecule is CC(C)(C)[Si](C)(C)OC[C@@H]1[C@H](O)C=CCN1C(=O)OCC(Cl)(Cl)Cl. The van der Waals surface area contributed by atoms with Crippen LogP contribution in [-0.4, -0.2) is 60.1 Å². The average Bonchev–Trinajstić information content (AvgIpc) is 2.41. The summed E-state index contributed by atoms with van der Waals surface area (Å²) < 4.78 is 9.50. The molecule has 5 nitrogen and oxygen atoms in total. The molecule has 0 aliphatic carbocycles. The predicted molar refractivity (Wildman–Crippen MR) is 100 cm³/mol. The number of alkyl halides is 3. The van der Waals surface area contributed by atoms with Crippen LogP contribution in [0.5, 0.6) is 0 Å². The Kier molecular flexibility index (Phi) is 7.48. The lowest BCUT2D eigenvalue weighted by Gasteiger charge is -2.40. The lowest BCUT2D eigenvalue weighted by molar-refractivity contribution is 0.0284. The van der Waals surface area contributed by atoms with E-state index in [0.29, 0.717) is 6.54 Å². The molecule has 1 amide bonds. The molecular weight excluding hydrogens is 393 g/mol. The van der Waals surface area contributed by atoms with E-state index in [2.05, 4.69) is 33.9 Å². The third kappa shape index (κ3) is 6.39. The number of hydrogen-bond acceptors (Lipinski definition) is 4. The molecule has 0 spiro atoms. The first-order valence-electron chi connectivity index (χ1n) is 7.73. The molecule has 1 N–H and O–H groups in total. The van der Waals surface area contributed by atoms with Gasteiger partial charge in [0.25, 0.3) is 0 Å². The topological polar surface area (TPSA) is 59.0 Å². The van der Waals surface area contributed by atoms with Crippen LogP contribution in [0.1, 0.15) is 20.8 Å². The van der Waals surface area contributed by atoms with Crippen molar-refractivity contribution in [3.8, 4) is 0 Å². The van der Waals surface area contributed by atoms with Crippen LogP contribution in [0.25, 0.3) is 0 Å². The van der Waals surface area contributed by atoms with Gasteiger partial charge in [-0.3, -0.25) is 4.90 Å². The van der Waals surface area contributed by atoms with Crippen LogP contribution in [0.2, 0.25) is 18.1 Å². The minimum Gasteiger partial charge on any atom is -0.445 e. The molecule has 24 heavy (non-hydrogen) atoms. The highest BCUT2D eigenvalue weighted by Crippen LogP contribution is 2.37. The van der Waals surface area contributed by atoms with Crippen molar-refractivity contribution in [1.29, 1.82) is 0 Å². The smallest absolute Gasteiger partial charge is 0.410 e. The zero-order valence-electron chi connectivity index (χ0n) is 14.7. The van der Waals surface area contributed by atoms with Gasteiger partial charge >= 0.3 is 6.09 Å². The van der Waals surface area contributed by atoms with Gasteiger partial charge in [0.2, 0.25) is 3.79 Å². The van der Waals surface area contributed by atoms with E-state index in [1.165, 1.54) is 4.90 Å². The van der Waals surface area contributed by atoms with Crippen molar-refractivity contribution >= 4 is 49.2 Å². The van der Waals surface area contributed by atoms with Crippen LogP contribution in [0.3, 0.4) is 0 Å². The van der Waals surface area contributed by atoms with Gasteiger partial charge in [0.1, 0.15) is 6.61 Å². The predicted octanol–water partition coefficient (Wildman–Crippen LogP) is 4.12. The molecule has 140 valence electrons. The lowest BCUT2D eigenvalue weighted by atomic mass is 10.1. The first kappa shape index (κ1) is 22.1. The quantitative estimate of drug-likeness (QED) is 0.424. The van der Waals surface area contributed by atoms with Crippen LogP contribution < -0.4 is 0 Å². The fourth-order valence-electron chi connectivity index (χ4n) is 1.90. The summed E-state index contributed by atoms with van der Waals surface area (Å²) in [5, 5.41) is 10.3. The maximum Gasteiger partial charge on any atom is 0.410 e.